The van der Waals surface area contributed by atoms with Crippen LogP contribution in [0.3, 0.4) is 0 Å². The van der Waals surface area contributed by atoms with Gasteiger partial charge in [0.15, 0.2) is 5.96 Å². The first-order chi connectivity index (χ1) is 11.4. The van der Waals surface area contributed by atoms with E-state index in [1.807, 2.05) is 30.3 Å². The molecular weight excluding hydrogens is 455 g/mol. The SMILES string of the molecule is CN=C(NCCCS(C)(=O)=O)NC1CC(=O)N(c2ccccc2)C1.I. The number of amides is 1. The van der Waals surface area contributed by atoms with Gasteiger partial charge >= 0.3 is 0 Å². The largest absolute Gasteiger partial charge is 0.356 e. The number of anilines is 1. The van der Waals surface area contributed by atoms with Crippen molar-refractivity contribution in [1.82, 2.24) is 10.6 Å². The number of carbonyl (C=O) groups excluding carboxylic acids is 1. The molecule has 1 atom stereocenters. The van der Waals surface area contributed by atoms with Crippen LogP contribution in [0.25, 0.3) is 0 Å². The number of para-hydroxylation sites is 1. The van der Waals surface area contributed by atoms with Gasteiger partial charge in [0.2, 0.25) is 5.91 Å². The molecule has 0 radical (unpaired) electrons. The predicted molar refractivity (Wildman–Crippen MR) is 111 cm³/mol. The lowest BCUT2D eigenvalue weighted by Gasteiger charge is -2.19. The number of carbonyl (C=O) groups is 1. The number of rotatable bonds is 6. The first-order valence-corrected chi connectivity index (χ1v) is 9.95. The maximum absolute atomic E-state index is 12.2. The molecule has 2 rings (SSSR count). The number of nitrogens with zero attached hydrogens (tertiary/aromatic N) is 2. The quantitative estimate of drug-likeness (QED) is 0.275. The normalized spacial score (nSPS) is 18.0. The third-order valence-corrected chi connectivity index (χ3v) is 4.77. The van der Waals surface area contributed by atoms with E-state index >= 15 is 0 Å². The highest BCUT2D eigenvalue weighted by Gasteiger charge is 2.30. The molecule has 0 aromatic heterocycles. The minimum absolute atomic E-state index is 0. The highest BCUT2D eigenvalue weighted by atomic mass is 127. The second kappa shape index (κ2) is 9.95. The monoisotopic (exact) mass is 480 g/mol. The number of hydrogen-bond donors (Lipinski definition) is 2. The summed E-state index contributed by atoms with van der Waals surface area (Å²) in [6, 6.07) is 9.54. The molecule has 1 saturated heterocycles. The van der Waals surface area contributed by atoms with Gasteiger partial charge in [-0.05, 0) is 18.6 Å². The van der Waals surface area contributed by atoms with Gasteiger partial charge in [-0.2, -0.15) is 0 Å². The van der Waals surface area contributed by atoms with Crippen LogP contribution in [-0.4, -0.2) is 58.5 Å². The molecule has 1 fully saturated rings. The summed E-state index contributed by atoms with van der Waals surface area (Å²) in [6.07, 6.45) is 2.14. The number of guanidine groups is 1. The van der Waals surface area contributed by atoms with E-state index in [0.717, 1.165) is 5.69 Å². The third kappa shape index (κ3) is 7.18. The number of benzene rings is 1. The number of sulfone groups is 1. The number of halogens is 1. The molecule has 140 valence electrons. The van der Waals surface area contributed by atoms with E-state index in [-0.39, 0.29) is 41.7 Å². The standard InChI is InChI=1S/C16H24N4O3S.HI/c1-17-16(18-9-6-10-24(2,22)23)19-13-11-15(21)20(12-13)14-7-4-3-5-8-14;/h3-5,7-8,13H,6,9-12H2,1-2H3,(H2,17,18,19);1H. The van der Waals surface area contributed by atoms with Gasteiger partial charge in [-0.25, -0.2) is 8.42 Å². The van der Waals surface area contributed by atoms with Crippen LogP contribution in [0, 0.1) is 0 Å². The Hall–Kier alpha value is -1.36. The molecule has 1 unspecified atom stereocenters. The molecule has 0 bridgehead atoms. The summed E-state index contributed by atoms with van der Waals surface area (Å²) >= 11 is 0. The summed E-state index contributed by atoms with van der Waals surface area (Å²) in [6.45, 7) is 1.09. The lowest BCUT2D eigenvalue weighted by Crippen LogP contribution is -2.45. The molecule has 0 spiro atoms. The average molecular weight is 480 g/mol. The summed E-state index contributed by atoms with van der Waals surface area (Å²) in [7, 11) is -1.30. The van der Waals surface area contributed by atoms with Crippen molar-refractivity contribution in [3.8, 4) is 0 Å². The van der Waals surface area contributed by atoms with E-state index < -0.39 is 9.84 Å². The Kier molecular flexibility index (Phi) is 8.63. The fraction of sp³-hybridized carbons (Fsp3) is 0.500. The second-order valence-corrected chi connectivity index (χ2v) is 8.13. The predicted octanol–water partition coefficient (Wildman–Crippen LogP) is 1.01. The van der Waals surface area contributed by atoms with E-state index in [4.69, 9.17) is 0 Å². The van der Waals surface area contributed by atoms with Crippen LogP contribution < -0.4 is 15.5 Å². The zero-order valence-corrected chi connectivity index (χ0v) is 17.6. The Labute approximate surface area is 166 Å². The highest BCUT2D eigenvalue weighted by molar-refractivity contribution is 14.0. The smallest absolute Gasteiger partial charge is 0.229 e. The Morgan fingerprint density at radius 2 is 2.00 bits per heavy atom. The van der Waals surface area contributed by atoms with Crippen LogP contribution in [0.1, 0.15) is 12.8 Å². The zero-order valence-electron chi connectivity index (χ0n) is 14.4. The fourth-order valence-corrected chi connectivity index (χ4v) is 3.26. The van der Waals surface area contributed by atoms with Gasteiger partial charge in [-0.15, -0.1) is 24.0 Å². The van der Waals surface area contributed by atoms with E-state index in [1.165, 1.54) is 6.26 Å². The number of hydrogen-bond acceptors (Lipinski definition) is 4. The molecule has 1 amide bonds. The molecule has 0 aliphatic carbocycles. The van der Waals surface area contributed by atoms with Crippen molar-refractivity contribution in [2.45, 2.75) is 18.9 Å². The molecule has 1 aliphatic heterocycles. The number of aliphatic imine (C=N–C) groups is 1. The zero-order chi connectivity index (χ0) is 17.6. The summed E-state index contributed by atoms with van der Waals surface area (Å²) in [5.74, 6) is 0.795. The maximum atomic E-state index is 12.2. The maximum Gasteiger partial charge on any atom is 0.229 e. The van der Waals surface area contributed by atoms with Crippen LogP contribution in [0.5, 0.6) is 0 Å². The van der Waals surface area contributed by atoms with Crippen molar-refractivity contribution in [2.24, 2.45) is 4.99 Å². The minimum atomic E-state index is -2.95. The van der Waals surface area contributed by atoms with Crippen molar-refractivity contribution in [3.05, 3.63) is 30.3 Å². The lowest BCUT2D eigenvalue weighted by atomic mass is 10.2. The minimum Gasteiger partial charge on any atom is -0.356 e. The number of nitrogens with one attached hydrogen (secondary N) is 2. The van der Waals surface area contributed by atoms with Crippen molar-refractivity contribution in [3.63, 3.8) is 0 Å². The van der Waals surface area contributed by atoms with E-state index in [0.29, 0.717) is 31.9 Å². The van der Waals surface area contributed by atoms with Crippen LogP contribution in [-0.2, 0) is 14.6 Å². The van der Waals surface area contributed by atoms with E-state index in [9.17, 15) is 13.2 Å². The van der Waals surface area contributed by atoms with Gasteiger partial charge in [-0.1, -0.05) is 18.2 Å². The molecule has 25 heavy (non-hydrogen) atoms. The molecule has 9 heteroatoms. The van der Waals surface area contributed by atoms with Gasteiger partial charge in [0.25, 0.3) is 0 Å². The van der Waals surface area contributed by atoms with Crippen LogP contribution in [0.2, 0.25) is 0 Å². The Bertz CT molecular complexity index is 695. The first-order valence-electron chi connectivity index (χ1n) is 7.89. The molecule has 1 heterocycles. The first kappa shape index (κ1) is 21.7. The van der Waals surface area contributed by atoms with E-state index in [1.54, 1.807) is 11.9 Å². The van der Waals surface area contributed by atoms with Gasteiger partial charge in [0.05, 0.1) is 11.8 Å². The van der Waals surface area contributed by atoms with Gasteiger partial charge < -0.3 is 15.5 Å². The fourth-order valence-electron chi connectivity index (χ4n) is 2.59. The topological polar surface area (TPSA) is 90.9 Å². The third-order valence-electron chi connectivity index (χ3n) is 3.74. The Balaban J connectivity index is 0.00000312. The van der Waals surface area contributed by atoms with Crippen molar-refractivity contribution < 1.29 is 13.2 Å². The van der Waals surface area contributed by atoms with Crippen molar-refractivity contribution in [2.75, 3.05) is 37.0 Å². The molecule has 2 N–H and O–H groups in total. The van der Waals surface area contributed by atoms with Gasteiger partial charge in [-0.3, -0.25) is 9.79 Å². The van der Waals surface area contributed by atoms with Gasteiger partial charge in [0.1, 0.15) is 9.84 Å². The van der Waals surface area contributed by atoms with E-state index in [2.05, 4.69) is 15.6 Å². The van der Waals surface area contributed by atoms with Crippen LogP contribution in [0.4, 0.5) is 5.69 Å². The van der Waals surface area contributed by atoms with Gasteiger partial charge in [0, 0.05) is 38.5 Å². The van der Waals surface area contributed by atoms with Crippen molar-refractivity contribution >= 4 is 51.4 Å². The summed E-state index contributed by atoms with van der Waals surface area (Å²) < 4.78 is 22.2. The summed E-state index contributed by atoms with van der Waals surface area (Å²) in [5, 5.41) is 6.30. The van der Waals surface area contributed by atoms with Crippen LogP contribution >= 0.6 is 24.0 Å². The molecule has 1 aromatic carbocycles. The Morgan fingerprint density at radius 3 is 2.60 bits per heavy atom. The second-order valence-electron chi connectivity index (χ2n) is 5.87. The summed E-state index contributed by atoms with van der Waals surface area (Å²) in [5.41, 5.74) is 0.892. The molecule has 1 aromatic rings. The molecule has 7 nitrogen and oxygen atoms in total. The average Bonchev–Trinajstić information content (AvgIpc) is 2.90. The lowest BCUT2D eigenvalue weighted by molar-refractivity contribution is -0.117. The molecular formula is C16H25IN4O3S. The summed E-state index contributed by atoms with van der Waals surface area (Å²) in [4.78, 5) is 18.1. The van der Waals surface area contributed by atoms with Crippen molar-refractivity contribution in [1.29, 1.82) is 0 Å². The molecule has 0 saturated carbocycles. The highest BCUT2D eigenvalue weighted by Crippen LogP contribution is 2.20. The molecule has 1 aliphatic rings. The Morgan fingerprint density at radius 1 is 1.32 bits per heavy atom. The van der Waals surface area contributed by atoms with Crippen LogP contribution in [0.15, 0.2) is 35.3 Å².